The quantitative estimate of drug-likeness (QED) is 0.784. The zero-order valence-electron chi connectivity index (χ0n) is 9.55. The van der Waals surface area contributed by atoms with Gasteiger partial charge in [0.2, 0.25) is 10.0 Å². The molecule has 1 aromatic heterocycles. The predicted octanol–water partition coefficient (Wildman–Crippen LogP) is 1.05. The van der Waals surface area contributed by atoms with Crippen molar-refractivity contribution in [1.29, 1.82) is 0 Å². The molecule has 0 aliphatic heterocycles. The number of benzene rings is 1. The number of sulfonamides is 1. The summed E-state index contributed by atoms with van der Waals surface area (Å²) in [6.45, 7) is 0. The molecule has 1 aromatic carbocycles. The molecule has 6 nitrogen and oxygen atoms in total. The number of nitrogens with one attached hydrogen (secondary N) is 2. The van der Waals surface area contributed by atoms with E-state index in [2.05, 4.69) is 10.3 Å². The number of amides is 1. The van der Waals surface area contributed by atoms with Gasteiger partial charge in [-0.1, -0.05) is 0 Å². The molecule has 0 saturated heterocycles. The molecule has 8 heteroatoms. The molecule has 0 radical (unpaired) electrons. The van der Waals surface area contributed by atoms with Crippen LogP contribution in [0.3, 0.4) is 0 Å². The predicted molar refractivity (Wildman–Crippen MR) is 66.5 cm³/mol. The maximum Gasteiger partial charge on any atom is 0.272 e. The second-order valence-corrected chi connectivity index (χ2v) is 5.29. The number of carbonyl (C=O) groups excluding carboxylic acids is 1. The van der Waals surface area contributed by atoms with Gasteiger partial charge in [0.05, 0.1) is 10.6 Å². The molecule has 1 heterocycles. The third-order valence-electron chi connectivity index (χ3n) is 2.36. The van der Waals surface area contributed by atoms with Crippen LogP contribution in [0.25, 0.3) is 0 Å². The van der Waals surface area contributed by atoms with Crippen LogP contribution in [0.15, 0.2) is 41.4 Å². The Balaban J connectivity index is 2.32. The molecule has 19 heavy (non-hydrogen) atoms. The summed E-state index contributed by atoms with van der Waals surface area (Å²) >= 11 is 0. The van der Waals surface area contributed by atoms with Gasteiger partial charge in [-0.15, -0.1) is 0 Å². The number of H-pyrrole nitrogens is 1. The highest BCUT2D eigenvalue weighted by molar-refractivity contribution is 7.89. The van der Waals surface area contributed by atoms with Crippen LogP contribution >= 0.6 is 0 Å². The van der Waals surface area contributed by atoms with E-state index >= 15 is 0 Å². The van der Waals surface area contributed by atoms with Gasteiger partial charge in [-0.2, -0.15) is 0 Å². The van der Waals surface area contributed by atoms with E-state index in [9.17, 15) is 17.6 Å². The zero-order chi connectivity index (χ0) is 14.0. The lowest BCUT2D eigenvalue weighted by Crippen LogP contribution is -2.16. The van der Waals surface area contributed by atoms with Crippen molar-refractivity contribution < 1.29 is 17.6 Å². The van der Waals surface area contributed by atoms with Gasteiger partial charge in [-0.25, -0.2) is 17.9 Å². The number of carbonyl (C=O) groups is 1. The largest absolute Gasteiger partial charge is 0.357 e. The molecule has 0 bridgehead atoms. The molecule has 0 aliphatic rings. The number of hydrogen-bond acceptors (Lipinski definition) is 3. The highest BCUT2D eigenvalue weighted by atomic mass is 32.2. The second kappa shape index (κ2) is 4.82. The molecule has 0 aliphatic carbocycles. The number of hydrogen-bond donors (Lipinski definition) is 3. The summed E-state index contributed by atoms with van der Waals surface area (Å²) in [5.74, 6) is -1.34. The highest BCUT2D eigenvalue weighted by Crippen LogP contribution is 2.19. The number of halogens is 1. The fraction of sp³-hybridized carbons (Fsp3) is 0. The maximum atomic E-state index is 13.5. The van der Waals surface area contributed by atoms with Crippen molar-refractivity contribution in [3.05, 3.63) is 48.0 Å². The Morgan fingerprint density at radius 1 is 1.32 bits per heavy atom. The van der Waals surface area contributed by atoms with Crippen LogP contribution in [0.5, 0.6) is 0 Å². The van der Waals surface area contributed by atoms with E-state index in [1.165, 1.54) is 12.3 Å². The van der Waals surface area contributed by atoms with E-state index in [1.54, 1.807) is 6.07 Å². The fourth-order valence-corrected chi connectivity index (χ4v) is 1.98. The standard InChI is InChI=1S/C11H10FN3O3S/c12-8-4-3-7(19(13,17)18)6-10(8)15-11(16)9-2-1-5-14-9/h1-6,14H,(H,15,16)(H2,13,17,18). The Morgan fingerprint density at radius 2 is 2.05 bits per heavy atom. The Bertz CT molecular complexity index is 711. The molecule has 0 saturated carbocycles. The van der Waals surface area contributed by atoms with Crippen LogP contribution < -0.4 is 10.5 Å². The summed E-state index contributed by atoms with van der Waals surface area (Å²) in [6, 6.07) is 6.01. The van der Waals surface area contributed by atoms with E-state index in [-0.39, 0.29) is 16.3 Å². The summed E-state index contributed by atoms with van der Waals surface area (Å²) in [4.78, 5) is 14.1. The first-order valence-electron chi connectivity index (χ1n) is 5.15. The molecule has 0 spiro atoms. The molecule has 100 valence electrons. The monoisotopic (exact) mass is 283 g/mol. The minimum atomic E-state index is -3.96. The van der Waals surface area contributed by atoms with Crippen molar-refractivity contribution in [2.24, 2.45) is 5.14 Å². The van der Waals surface area contributed by atoms with Gasteiger partial charge in [-0.3, -0.25) is 4.79 Å². The molecular formula is C11H10FN3O3S. The van der Waals surface area contributed by atoms with Crippen LogP contribution in [0.2, 0.25) is 0 Å². The summed E-state index contributed by atoms with van der Waals surface area (Å²) in [7, 11) is -3.96. The SMILES string of the molecule is NS(=O)(=O)c1ccc(F)c(NC(=O)c2ccc[nH]2)c1. The van der Waals surface area contributed by atoms with E-state index < -0.39 is 21.7 Å². The topological polar surface area (TPSA) is 105 Å². The minimum Gasteiger partial charge on any atom is -0.357 e. The molecule has 4 N–H and O–H groups in total. The van der Waals surface area contributed by atoms with Crippen molar-refractivity contribution in [3.63, 3.8) is 0 Å². The molecule has 2 rings (SSSR count). The fourth-order valence-electron chi connectivity index (χ4n) is 1.44. The smallest absolute Gasteiger partial charge is 0.272 e. The normalized spacial score (nSPS) is 11.3. The third-order valence-corrected chi connectivity index (χ3v) is 3.27. The van der Waals surface area contributed by atoms with Crippen LogP contribution in [0.4, 0.5) is 10.1 Å². The van der Waals surface area contributed by atoms with Gasteiger partial charge in [0.1, 0.15) is 11.5 Å². The minimum absolute atomic E-state index is 0.223. The Hall–Kier alpha value is -2.19. The second-order valence-electron chi connectivity index (χ2n) is 3.72. The Morgan fingerprint density at radius 3 is 2.63 bits per heavy atom. The van der Waals surface area contributed by atoms with Gasteiger partial charge in [0.25, 0.3) is 5.91 Å². The number of aromatic nitrogens is 1. The van der Waals surface area contributed by atoms with Crippen molar-refractivity contribution in [3.8, 4) is 0 Å². The molecule has 0 unspecified atom stereocenters. The first-order valence-corrected chi connectivity index (χ1v) is 6.69. The third kappa shape index (κ3) is 2.98. The van der Waals surface area contributed by atoms with Crippen LogP contribution in [-0.4, -0.2) is 19.3 Å². The number of primary sulfonamides is 1. The lowest BCUT2D eigenvalue weighted by Gasteiger charge is -2.07. The Kier molecular flexibility index (Phi) is 3.36. The van der Waals surface area contributed by atoms with E-state index in [1.807, 2.05) is 0 Å². The zero-order valence-corrected chi connectivity index (χ0v) is 10.4. The van der Waals surface area contributed by atoms with Crippen molar-refractivity contribution in [2.75, 3.05) is 5.32 Å². The lowest BCUT2D eigenvalue weighted by atomic mass is 10.3. The summed E-state index contributed by atoms with van der Waals surface area (Å²) in [5.41, 5.74) is -0.0356. The van der Waals surface area contributed by atoms with Gasteiger partial charge in [0.15, 0.2) is 0 Å². The van der Waals surface area contributed by atoms with Gasteiger partial charge >= 0.3 is 0 Å². The highest BCUT2D eigenvalue weighted by Gasteiger charge is 2.14. The van der Waals surface area contributed by atoms with Crippen molar-refractivity contribution in [2.45, 2.75) is 4.90 Å². The number of anilines is 1. The Labute approximate surface area is 108 Å². The average molecular weight is 283 g/mol. The number of nitrogens with two attached hydrogens (primary N) is 1. The molecular weight excluding hydrogens is 273 g/mol. The van der Waals surface area contributed by atoms with E-state index in [0.717, 1.165) is 18.2 Å². The van der Waals surface area contributed by atoms with Gasteiger partial charge in [0, 0.05) is 6.20 Å². The van der Waals surface area contributed by atoms with Gasteiger partial charge in [-0.05, 0) is 30.3 Å². The van der Waals surface area contributed by atoms with E-state index in [4.69, 9.17) is 5.14 Å². The van der Waals surface area contributed by atoms with Crippen LogP contribution in [-0.2, 0) is 10.0 Å². The summed E-state index contributed by atoms with van der Waals surface area (Å²) < 4.78 is 35.8. The van der Waals surface area contributed by atoms with E-state index in [0.29, 0.717) is 0 Å². The number of rotatable bonds is 3. The summed E-state index contributed by atoms with van der Waals surface area (Å²) in [6.07, 6.45) is 1.53. The van der Waals surface area contributed by atoms with Crippen molar-refractivity contribution >= 4 is 21.6 Å². The molecule has 0 atom stereocenters. The summed E-state index contributed by atoms with van der Waals surface area (Å²) in [5, 5.41) is 7.19. The van der Waals surface area contributed by atoms with Crippen LogP contribution in [0.1, 0.15) is 10.5 Å². The average Bonchev–Trinajstić information content (AvgIpc) is 2.84. The van der Waals surface area contributed by atoms with Crippen molar-refractivity contribution in [1.82, 2.24) is 4.98 Å². The lowest BCUT2D eigenvalue weighted by molar-refractivity contribution is 0.102. The first-order chi connectivity index (χ1) is 8.88. The molecule has 0 fully saturated rings. The molecule has 2 aromatic rings. The van der Waals surface area contributed by atoms with Crippen LogP contribution in [0, 0.1) is 5.82 Å². The number of aromatic amines is 1. The maximum absolute atomic E-state index is 13.5. The molecule has 1 amide bonds. The van der Waals surface area contributed by atoms with Gasteiger partial charge < -0.3 is 10.3 Å². The first kappa shape index (κ1) is 13.2.